The summed E-state index contributed by atoms with van der Waals surface area (Å²) in [5, 5.41) is 2.99. The zero-order valence-electron chi connectivity index (χ0n) is 20.0. The molecule has 3 aromatic rings. The molecule has 1 heterocycles. The van der Waals surface area contributed by atoms with E-state index in [1.807, 2.05) is 0 Å². The number of hydrogen-bond donors (Lipinski definition) is 2. The quantitative estimate of drug-likeness (QED) is 0.512. The third kappa shape index (κ3) is 4.23. The average molecular weight is 465 g/mol. The van der Waals surface area contributed by atoms with E-state index in [1.165, 1.54) is 10.6 Å². The molecular weight excluding hydrogens is 435 g/mol. The van der Waals surface area contributed by atoms with Crippen LogP contribution < -0.4 is 21.3 Å². The van der Waals surface area contributed by atoms with E-state index < -0.39 is 5.82 Å². The monoisotopic (exact) mass is 464 g/mol. The molecule has 7 nitrogen and oxygen atoms in total. The van der Waals surface area contributed by atoms with E-state index in [0.29, 0.717) is 17.0 Å². The Balaban J connectivity index is 1.94. The lowest BCUT2D eigenvalue weighted by Gasteiger charge is -2.25. The predicted octanol–water partition coefficient (Wildman–Crippen LogP) is 4.80. The lowest BCUT2D eigenvalue weighted by Crippen LogP contribution is -2.33. The van der Waals surface area contributed by atoms with Crippen LogP contribution in [0.2, 0.25) is 0 Å². The van der Waals surface area contributed by atoms with Gasteiger partial charge in [0.05, 0.1) is 11.3 Å². The molecule has 0 bridgehead atoms. The molecule has 0 atom stereocenters. The molecule has 0 spiro atoms. The van der Waals surface area contributed by atoms with Crippen molar-refractivity contribution in [2.45, 2.75) is 39.7 Å². The van der Waals surface area contributed by atoms with Gasteiger partial charge in [-0.2, -0.15) is 0 Å². The number of benzene rings is 2. The van der Waals surface area contributed by atoms with Crippen molar-refractivity contribution in [1.29, 1.82) is 0 Å². The molecule has 0 radical (unpaired) electrons. The van der Waals surface area contributed by atoms with E-state index in [2.05, 4.69) is 5.32 Å². The van der Waals surface area contributed by atoms with Crippen molar-refractivity contribution in [3.63, 3.8) is 0 Å². The minimum Gasteiger partial charge on any atom is -0.456 e. The van der Waals surface area contributed by atoms with Crippen molar-refractivity contribution in [3.05, 3.63) is 74.8 Å². The molecule has 1 fully saturated rings. The Morgan fingerprint density at radius 3 is 2.53 bits per heavy atom. The Labute approximate surface area is 198 Å². The van der Waals surface area contributed by atoms with Crippen molar-refractivity contribution in [2.75, 3.05) is 18.1 Å². The molecule has 0 unspecified atom stereocenters. The van der Waals surface area contributed by atoms with Gasteiger partial charge in [-0.1, -0.05) is 12.1 Å². The van der Waals surface area contributed by atoms with Crippen LogP contribution in [0, 0.1) is 26.6 Å². The number of nitrogens with two attached hydrogens (primary N) is 1. The van der Waals surface area contributed by atoms with Crippen LogP contribution in [0.15, 0.2) is 41.2 Å². The van der Waals surface area contributed by atoms with Gasteiger partial charge in [-0.05, 0) is 63.4 Å². The number of amides is 1. The van der Waals surface area contributed by atoms with Crippen LogP contribution in [0.1, 0.15) is 39.9 Å². The molecule has 0 saturated heterocycles. The first-order valence-electron chi connectivity index (χ1n) is 11.2. The largest absolute Gasteiger partial charge is 0.456 e. The van der Waals surface area contributed by atoms with E-state index in [1.54, 1.807) is 70.1 Å². The first-order chi connectivity index (χ1) is 16.1. The fourth-order valence-corrected chi connectivity index (χ4v) is 3.89. The molecule has 178 valence electrons. The lowest BCUT2D eigenvalue weighted by molar-refractivity contribution is 0.0782. The predicted molar refractivity (Wildman–Crippen MR) is 132 cm³/mol. The van der Waals surface area contributed by atoms with Crippen molar-refractivity contribution in [3.8, 4) is 11.5 Å². The number of anilines is 3. The van der Waals surface area contributed by atoms with E-state index in [9.17, 15) is 14.0 Å². The Morgan fingerprint density at radius 2 is 1.88 bits per heavy atom. The average Bonchev–Trinajstić information content (AvgIpc) is 3.64. The highest BCUT2D eigenvalue weighted by molar-refractivity contribution is 6.03. The number of pyridine rings is 1. The normalized spacial score (nSPS) is 13.0. The summed E-state index contributed by atoms with van der Waals surface area (Å²) in [5.41, 5.74) is 8.24. The van der Waals surface area contributed by atoms with E-state index >= 15 is 0 Å². The number of ether oxygens (including phenoxy) is 1. The maximum Gasteiger partial charge on any atom is 0.261 e. The number of aryl methyl sites for hydroxylation is 1. The molecule has 1 amide bonds. The van der Waals surface area contributed by atoms with Crippen LogP contribution in [0.3, 0.4) is 0 Å². The Morgan fingerprint density at radius 1 is 1.18 bits per heavy atom. The minimum atomic E-state index is -0.490. The summed E-state index contributed by atoms with van der Waals surface area (Å²) in [7, 11) is 3.28. The number of halogens is 1. The van der Waals surface area contributed by atoms with Crippen LogP contribution in [0.25, 0.3) is 0 Å². The summed E-state index contributed by atoms with van der Waals surface area (Å²) in [6.45, 7) is 5.21. The first kappa shape index (κ1) is 23.4. The smallest absolute Gasteiger partial charge is 0.261 e. The van der Waals surface area contributed by atoms with Crippen molar-refractivity contribution >= 4 is 23.1 Å². The molecule has 4 rings (SSSR count). The molecule has 34 heavy (non-hydrogen) atoms. The number of carbonyl (C=O) groups is 1. The Kier molecular flexibility index (Phi) is 6.08. The van der Waals surface area contributed by atoms with E-state index in [4.69, 9.17) is 10.5 Å². The maximum atomic E-state index is 14.7. The molecule has 0 aliphatic heterocycles. The summed E-state index contributed by atoms with van der Waals surface area (Å²) in [6.07, 6.45) is 1.82. The van der Waals surface area contributed by atoms with Crippen molar-refractivity contribution < 1.29 is 13.9 Å². The van der Waals surface area contributed by atoms with Crippen LogP contribution in [-0.2, 0) is 7.05 Å². The number of aromatic nitrogens is 1. The number of nitrogens with one attached hydrogen (secondary N) is 1. The molecule has 1 aromatic heterocycles. The third-order valence-electron chi connectivity index (χ3n) is 6.31. The Hall–Kier alpha value is -3.81. The third-order valence-corrected chi connectivity index (χ3v) is 6.31. The maximum absolute atomic E-state index is 14.7. The molecular formula is C26H29FN4O3. The molecule has 1 aliphatic rings. The van der Waals surface area contributed by atoms with Crippen LogP contribution in [-0.4, -0.2) is 28.5 Å². The van der Waals surface area contributed by atoms with Gasteiger partial charge in [0.2, 0.25) is 0 Å². The van der Waals surface area contributed by atoms with Gasteiger partial charge >= 0.3 is 0 Å². The van der Waals surface area contributed by atoms with Gasteiger partial charge in [0.15, 0.2) is 5.75 Å². The summed E-state index contributed by atoms with van der Waals surface area (Å²) in [6, 6.07) is 10.1. The molecule has 1 saturated carbocycles. The topological polar surface area (TPSA) is 89.6 Å². The van der Waals surface area contributed by atoms with Crippen LogP contribution in [0.5, 0.6) is 11.5 Å². The minimum absolute atomic E-state index is 0.121. The zero-order chi connectivity index (χ0) is 24.7. The van der Waals surface area contributed by atoms with E-state index in [-0.39, 0.29) is 45.9 Å². The highest BCUT2D eigenvalue weighted by Gasteiger charge is 2.35. The zero-order valence-corrected chi connectivity index (χ0v) is 20.0. The lowest BCUT2D eigenvalue weighted by atomic mass is 10.1. The number of nitrogens with zero attached hydrogens (tertiary/aromatic N) is 2. The first-order valence-corrected chi connectivity index (χ1v) is 11.2. The standard InChI is InChI=1S/C26H29FN4O3/c1-14-9-12-20(18(27)13-14)29-24-22(26(33)30(4)17-10-11-17)23(16(3)25(32)31(24)5)34-21-8-6-7-19(28)15(21)2/h6-9,12-13,17,29H,10-11,28H2,1-5H3. The summed E-state index contributed by atoms with van der Waals surface area (Å²) >= 11 is 0. The molecule has 3 N–H and O–H groups in total. The van der Waals surface area contributed by atoms with Gasteiger partial charge in [-0.3, -0.25) is 14.2 Å². The second kappa shape index (κ2) is 8.85. The second-order valence-corrected chi connectivity index (χ2v) is 8.87. The SMILES string of the molecule is Cc1ccc(Nc2c(C(=O)N(C)C3CC3)c(Oc3cccc(N)c3C)c(C)c(=O)n2C)c(F)c1. The molecule has 8 heteroatoms. The fourth-order valence-electron chi connectivity index (χ4n) is 3.89. The van der Waals surface area contributed by atoms with Gasteiger partial charge < -0.3 is 20.7 Å². The molecule has 2 aromatic carbocycles. The second-order valence-electron chi connectivity index (χ2n) is 8.87. The van der Waals surface area contributed by atoms with Gasteiger partial charge in [-0.15, -0.1) is 0 Å². The van der Waals surface area contributed by atoms with Gasteiger partial charge in [0, 0.05) is 31.4 Å². The number of rotatable bonds is 6. The van der Waals surface area contributed by atoms with Crippen molar-refractivity contribution in [2.24, 2.45) is 7.05 Å². The molecule has 1 aliphatic carbocycles. The van der Waals surface area contributed by atoms with Crippen LogP contribution in [0.4, 0.5) is 21.6 Å². The number of carbonyl (C=O) groups excluding carboxylic acids is 1. The van der Waals surface area contributed by atoms with E-state index in [0.717, 1.165) is 18.4 Å². The number of nitrogen functional groups attached to an aromatic ring is 1. The Bertz CT molecular complexity index is 1340. The highest BCUT2D eigenvalue weighted by Crippen LogP contribution is 2.38. The summed E-state index contributed by atoms with van der Waals surface area (Å²) in [4.78, 5) is 28.5. The van der Waals surface area contributed by atoms with Gasteiger partial charge in [0.25, 0.3) is 11.5 Å². The number of hydrogen-bond acceptors (Lipinski definition) is 5. The van der Waals surface area contributed by atoms with Crippen molar-refractivity contribution in [1.82, 2.24) is 9.47 Å². The van der Waals surface area contributed by atoms with Gasteiger partial charge in [-0.25, -0.2) is 4.39 Å². The fraction of sp³-hybridized carbons (Fsp3) is 0.308. The van der Waals surface area contributed by atoms with Gasteiger partial charge in [0.1, 0.15) is 22.9 Å². The summed E-state index contributed by atoms with van der Waals surface area (Å²) < 4.78 is 22.3. The van der Waals surface area contributed by atoms with Crippen LogP contribution >= 0.6 is 0 Å². The highest BCUT2D eigenvalue weighted by atomic mass is 19.1. The summed E-state index contributed by atoms with van der Waals surface area (Å²) in [5.74, 6) is -0.0763.